The summed E-state index contributed by atoms with van der Waals surface area (Å²) in [6, 6.07) is 9.15. The molecular formula is C18H27Cl. The van der Waals surface area contributed by atoms with Crippen molar-refractivity contribution in [3.05, 3.63) is 35.4 Å². The summed E-state index contributed by atoms with van der Waals surface area (Å²) in [4.78, 5) is 0. The van der Waals surface area contributed by atoms with Gasteiger partial charge >= 0.3 is 0 Å². The van der Waals surface area contributed by atoms with E-state index in [1.165, 1.54) is 56.1 Å². The largest absolute Gasteiger partial charge is 0.118 e. The van der Waals surface area contributed by atoms with Crippen molar-refractivity contribution in [2.24, 2.45) is 5.92 Å². The van der Waals surface area contributed by atoms with Crippen LogP contribution in [0.4, 0.5) is 0 Å². The van der Waals surface area contributed by atoms with E-state index in [4.69, 9.17) is 11.6 Å². The van der Waals surface area contributed by atoms with Gasteiger partial charge in [0, 0.05) is 0 Å². The Morgan fingerprint density at radius 1 is 1.11 bits per heavy atom. The van der Waals surface area contributed by atoms with Crippen LogP contribution in [-0.4, -0.2) is 0 Å². The van der Waals surface area contributed by atoms with Gasteiger partial charge in [-0.1, -0.05) is 63.8 Å². The van der Waals surface area contributed by atoms with Crippen LogP contribution in [0, 0.1) is 5.92 Å². The molecule has 1 aliphatic carbocycles. The molecule has 1 aromatic carbocycles. The Kier molecular flexibility index (Phi) is 5.76. The molecule has 0 amide bonds. The number of alkyl halides is 1. The summed E-state index contributed by atoms with van der Waals surface area (Å²) >= 11 is 6.57. The second kappa shape index (κ2) is 7.33. The Balaban J connectivity index is 2.01. The molecule has 1 fully saturated rings. The summed E-state index contributed by atoms with van der Waals surface area (Å²) in [5.41, 5.74) is 2.82. The molecular weight excluding hydrogens is 252 g/mol. The van der Waals surface area contributed by atoms with Crippen LogP contribution in [-0.2, 0) is 0 Å². The van der Waals surface area contributed by atoms with Crippen LogP contribution >= 0.6 is 11.6 Å². The maximum absolute atomic E-state index is 6.57. The normalized spacial score (nSPS) is 20.2. The fourth-order valence-electron chi connectivity index (χ4n) is 3.32. The average Bonchev–Trinajstić information content (AvgIpc) is 2.48. The Hall–Kier alpha value is -0.490. The molecule has 0 radical (unpaired) electrons. The highest BCUT2D eigenvalue weighted by Gasteiger charge is 2.18. The molecule has 0 heterocycles. The molecule has 2 unspecified atom stereocenters. The highest BCUT2D eigenvalue weighted by molar-refractivity contribution is 6.21. The molecule has 0 spiro atoms. The molecule has 0 N–H and O–H groups in total. The summed E-state index contributed by atoms with van der Waals surface area (Å²) < 4.78 is 0. The Morgan fingerprint density at radius 2 is 1.74 bits per heavy atom. The molecule has 1 saturated carbocycles. The molecule has 0 aromatic heterocycles. The zero-order valence-electron chi connectivity index (χ0n) is 12.4. The zero-order valence-corrected chi connectivity index (χ0v) is 13.1. The van der Waals surface area contributed by atoms with E-state index in [0.717, 1.165) is 5.92 Å². The second-order valence-electron chi connectivity index (χ2n) is 6.17. The molecule has 1 aliphatic rings. The fourth-order valence-corrected chi connectivity index (χ4v) is 3.59. The van der Waals surface area contributed by atoms with Crippen molar-refractivity contribution in [2.75, 3.05) is 0 Å². The fraction of sp³-hybridized carbons (Fsp3) is 0.667. The predicted molar refractivity (Wildman–Crippen MR) is 84.9 cm³/mol. The van der Waals surface area contributed by atoms with E-state index in [0.29, 0.717) is 5.92 Å². The predicted octanol–water partition coefficient (Wildman–Crippen LogP) is 6.45. The molecule has 0 saturated heterocycles. The number of benzene rings is 1. The van der Waals surface area contributed by atoms with Crippen molar-refractivity contribution in [3.8, 4) is 0 Å². The van der Waals surface area contributed by atoms with E-state index in [-0.39, 0.29) is 5.38 Å². The van der Waals surface area contributed by atoms with E-state index < -0.39 is 0 Å². The van der Waals surface area contributed by atoms with Gasteiger partial charge in [-0.2, -0.15) is 0 Å². The minimum Gasteiger partial charge on any atom is -0.118 e. The third-order valence-electron chi connectivity index (χ3n) is 4.58. The lowest BCUT2D eigenvalue weighted by Gasteiger charge is -2.23. The van der Waals surface area contributed by atoms with Gasteiger partial charge in [-0.15, -0.1) is 11.6 Å². The third kappa shape index (κ3) is 3.99. The highest BCUT2D eigenvalue weighted by atomic mass is 35.5. The Bertz CT molecular complexity index is 362. The molecule has 1 aromatic rings. The molecule has 0 bridgehead atoms. The first-order chi connectivity index (χ1) is 9.22. The van der Waals surface area contributed by atoms with Gasteiger partial charge in [0.2, 0.25) is 0 Å². The van der Waals surface area contributed by atoms with Gasteiger partial charge in [-0.3, -0.25) is 0 Å². The molecule has 0 aliphatic heterocycles. The second-order valence-corrected chi connectivity index (χ2v) is 6.64. The first-order valence-electron chi connectivity index (χ1n) is 7.96. The monoisotopic (exact) mass is 278 g/mol. The van der Waals surface area contributed by atoms with Crippen molar-refractivity contribution in [1.29, 1.82) is 0 Å². The van der Waals surface area contributed by atoms with Gasteiger partial charge in [-0.05, 0) is 42.2 Å². The van der Waals surface area contributed by atoms with Gasteiger partial charge < -0.3 is 0 Å². The summed E-state index contributed by atoms with van der Waals surface area (Å²) in [7, 11) is 0. The van der Waals surface area contributed by atoms with Crippen molar-refractivity contribution in [3.63, 3.8) is 0 Å². The van der Waals surface area contributed by atoms with Gasteiger partial charge in [0.05, 0.1) is 5.38 Å². The molecule has 19 heavy (non-hydrogen) atoms. The number of halogens is 1. The Morgan fingerprint density at radius 3 is 2.32 bits per heavy atom. The van der Waals surface area contributed by atoms with E-state index in [9.17, 15) is 0 Å². The first kappa shape index (κ1) is 14.9. The summed E-state index contributed by atoms with van der Waals surface area (Å²) in [5.74, 6) is 1.36. The molecule has 2 rings (SSSR count). The van der Waals surface area contributed by atoms with Crippen LogP contribution in [0.25, 0.3) is 0 Å². The van der Waals surface area contributed by atoms with Crippen LogP contribution in [0.1, 0.15) is 81.2 Å². The van der Waals surface area contributed by atoms with Crippen molar-refractivity contribution in [2.45, 2.75) is 70.1 Å². The Labute approximate surface area is 123 Å². The van der Waals surface area contributed by atoms with E-state index >= 15 is 0 Å². The zero-order chi connectivity index (χ0) is 13.7. The van der Waals surface area contributed by atoms with Crippen LogP contribution in [0.15, 0.2) is 24.3 Å². The smallest absolute Gasteiger partial charge is 0.0610 e. The van der Waals surface area contributed by atoms with Gasteiger partial charge in [0.1, 0.15) is 0 Å². The maximum atomic E-state index is 6.57. The number of rotatable bonds is 5. The molecule has 106 valence electrons. The van der Waals surface area contributed by atoms with Crippen molar-refractivity contribution in [1.82, 2.24) is 0 Å². The highest BCUT2D eigenvalue weighted by Crippen LogP contribution is 2.35. The van der Waals surface area contributed by atoms with Gasteiger partial charge in [0.15, 0.2) is 0 Å². The van der Waals surface area contributed by atoms with E-state index in [1.54, 1.807) is 0 Å². The summed E-state index contributed by atoms with van der Waals surface area (Å²) in [6.45, 7) is 4.49. The average molecular weight is 279 g/mol. The number of hydrogen-bond acceptors (Lipinski definition) is 0. The minimum atomic E-state index is 0.167. The third-order valence-corrected chi connectivity index (χ3v) is 5.26. The number of hydrogen-bond donors (Lipinski definition) is 0. The minimum absolute atomic E-state index is 0.167. The first-order valence-corrected chi connectivity index (χ1v) is 8.40. The van der Waals surface area contributed by atoms with Crippen LogP contribution in [0.3, 0.4) is 0 Å². The summed E-state index contributed by atoms with van der Waals surface area (Å²) in [5, 5.41) is 0.167. The topological polar surface area (TPSA) is 0 Å². The van der Waals surface area contributed by atoms with Crippen molar-refractivity contribution < 1.29 is 0 Å². The van der Waals surface area contributed by atoms with Crippen LogP contribution in [0.2, 0.25) is 0 Å². The lowest BCUT2D eigenvalue weighted by atomic mass is 9.83. The SMILES string of the molecule is CCCC(C)C(Cl)c1ccc(C2CCCCC2)cc1. The summed E-state index contributed by atoms with van der Waals surface area (Å²) in [6.07, 6.45) is 9.39. The van der Waals surface area contributed by atoms with Gasteiger partial charge in [0.25, 0.3) is 0 Å². The van der Waals surface area contributed by atoms with E-state index in [2.05, 4.69) is 38.1 Å². The van der Waals surface area contributed by atoms with Crippen LogP contribution in [0.5, 0.6) is 0 Å². The lowest BCUT2D eigenvalue weighted by Crippen LogP contribution is -2.06. The maximum Gasteiger partial charge on any atom is 0.0610 e. The molecule has 2 atom stereocenters. The molecule has 0 nitrogen and oxygen atoms in total. The molecule has 1 heteroatoms. The quantitative estimate of drug-likeness (QED) is 0.543. The van der Waals surface area contributed by atoms with E-state index in [1.807, 2.05) is 0 Å². The lowest BCUT2D eigenvalue weighted by molar-refractivity contribution is 0.443. The van der Waals surface area contributed by atoms with Gasteiger partial charge in [-0.25, -0.2) is 0 Å². The standard InChI is InChI=1S/C18H27Cl/c1-3-7-14(2)18(19)17-12-10-16(11-13-17)15-8-5-4-6-9-15/h10-15,18H,3-9H2,1-2H3. The van der Waals surface area contributed by atoms with Crippen LogP contribution < -0.4 is 0 Å². The van der Waals surface area contributed by atoms with Crippen molar-refractivity contribution >= 4 is 11.6 Å².